The Balaban J connectivity index is 1.64. The molecule has 2 aliphatic heterocycles. The van der Waals surface area contributed by atoms with E-state index in [1.807, 2.05) is 6.07 Å². The number of aromatic nitrogens is 1. The van der Waals surface area contributed by atoms with E-state index in [-0.39, 0.29) is 5.95 Å². The summed E-state index contributed by atoms with van der Waals surface area (Å²) in [5, 5.41) is 0. The fraction of sp³-hybridized carbons (Fsp3) is 0.643. The first-order chi connectivity index (χ1) is 8.83. The van der Waals surface area contributed by atoms with Crippen molar-refractivity contribution in [2.45, 2.75) is 31.7 Å². The van der Waals surface area contributed by atoms with Crippen LogP contribution < -0.4 is 4.90 Å². The molecular formula is C14H20FN3. The summed E-state index contributed by atoms with van der Waals surface area (Å²) in [6, 6.07) is 4.10. The number of halogens is 1. The van der Waals surface area contributed by atoms with E-state index in [2.05, 4.69) is 14.8 Å². The van der Waals surface area contributed by atoms with E-state index in [9.17, 15) is 4.39 Å². The van der Waals surface area contributed by atoms with Crippen LogP contribution in [0.3, 0.4) is 0 Å². The van der Waals surface area contributed by atoms with Gasteiger partial charge >= 0.3 is 0 Å². The number of hydrogen-bond acceptors (Lipinski definition) is 3. The predicted molar refractivity (Wildman–Crippen MR) is 70.2 cm³/mol. The Morgan fingerprint density at radius 3 is 2.78 bits per heavy atom. The summed E-state index contributed by atoms with van der Waals surface area (Å²) in [5.41, 5.74) is 0.974. The van der Waals surface area contributed by atoms with E-state index in [4.69, 9.17) is 0 Å². The normalized spacial score (nSPS) is 25.6. The van der Waals surface area contributed by atoms with Gasteiger partial charge in [0.15, 0.2) is 0 Å². The molecule has 1 aromatic rings. The topological polar surface area (TPSA) is 19.4 Å². The number of nitrogens with zero attached hydrogens (tertiary/aromatic N) is 3. The minimum atomic E-state index is -0.381. The van der Waals surface area contributed by atoms with Crippen molar-refractivity contribution in [3.05, 3.63) is 24.3 Å². The van der Waals surface area contributed by atoms with Crippen LogP contribution in [0.15, 0.2) is 18.3 Å². The van der Waals surface area contributed by atoms with Gasteiger partial charge in [0.05, 0.1) is 0 Å². The molecule has 1 aromatic heterocycles. The van der Waals surface area contributed by atoms with Crippen molar-refractivity contribution < 1.29 is 4.39 Å². The lowest BCUT2D eigenvalue weighted by Crippen LogP contribution is -2.40. The molecule has 98 valence electrons. The lowest BCUT2D eigenvalue weighted by Gasteiger charge is -2.32. The Kier molecular flexibility index (Phi) is 3.46. The molecule has 4 heteroatoms. The molecule has 2 fully saturated rings. The monoisotopic (exact) mass is 249 g/mol. The molecule has 0 N–H and O–H groups in total. The summed E-state index contributed by atoms with van der Waals surface area (Å²) < 4.78 is 13.1. The van der Waals surface area contributed by atoms with Gasteiger partial charge in [-0.05, 0) is 38.4 Å². The molecule has 0 saturated carbocycles. The Morgan fingerprint density at radius 1 is 1.17 bits per heavy atom. The Morgan fingerprint density at radius 2 is 2.00 bits per heavy atom. The maximum Gasteiger partial charge on any atom is 0.214 e. The van der Waals surface area contributed by atoms with Crippen molar-refractivity contribution >= 4 is 5.69 Å². The van der Waals surface area contributed by atoms with Gasteiger partial charge in [-0.25, -0.2) is 4.98 Å². The first-order valence-corrected chi connectivity index (χ1v) is 6.93. The number of piperidine rings is 1. The average Bonchev–Trinajstić information content (AvgIpc) is 2.89. The molecule has 0 amide bonds. The van der Waals surface area contributed by atoms with Gasteiger partial charge in [0.1, 0.15) is 0 Å². The molecule has 0 aromatic carbocycles. The second-order valence-corrected chi connectivity index (χ2v) is 5.32. The quantitative estimate of drug-likeness (QED) is 0.750. The van der Waals surface area contributed by atoms with Gasteiger partial charge in [-0.15, -0.1) is 0 Å². The van der Waals surface area contributed by atoms with E-state index in [1.54, 1.807) is 12.3 Å². The van der Waals surface area contributed by atoms with E-state index in [0.717, 1.165) is 18.8 Å². The number of pyridine rings is 1. The number of anilines is 1. The molecule has 18 heavy (non-hydrogen) atoms. The smallest absolute Gasteiger partial charge is 0.214 e. The van der Waals surface area contributed by atoms with Crippen LogP contribution in [0.5, 0.6) is 0 Å². The van der Waals surface area contributed by atoms with Gasteiger partial charge in [0.2, 0.25) is 5.95 Å². The maximum absolute atomic E-state index is 13.1. The van der Waals surface area contributed by atoms with Crippen LogP contribution in [-0.4, -0.2) is 42.1 Å². The third kappa shape index (κ3) is 2.48. The highest BCUT2D eigenvalue weighted by molar-refractivity contribution is 5.46. The van der Waals surface area contributed by atoms with Crippen molar-refractivity contribution in [1.82, 2.24) is 9.88 Å². The lowest BCUT2D eigenvalue weighted by molar-refractivity contribution is 0.175. The first-order valence-electron chi connectivity index (χ1n) is 6.93. The molecule has 0 aliphatic carbocycles. The summed E-state index contributed by atoms with van der Waals surface area (Å²) >= 11 is 0. The maximum atomic E-state index is 13.1. The van der Waals surface area contributed by atoms with Gasteiger partial charge in [-0.1, -0.05) is 6.42 Å². The molecular weight excluding hydrogens is 229 g/mol. The zero-order valence-electron chi connectivity index (χ0n) is 10.7. The van der Waals surface area contributed by atoms with Crippen LogP contribution in [-0.2, 0) is 0 Å². The van der Waals surface area contributed by atoms with Gasteiger partial charge in [-0.2, -0.15) is 4.39 Å². The summed E-state index contributed by atoms with van der Waals surface area (Å²) in [6.45, 7) is 4.54. The van der Waals surface area contributed by atoms with E-state index in [0.29, 0.717) is 6.04 Å². The molecule has 3 heterocycles. The predicted octanol–water partition coefficient (Wildman–Crippen LogP) is 2.29. The minimum Gasteiger partial charge on any atom is -0.370 e. The van der Waals surface area contributed by atoms with Crippen molar-refractivity contribution in [2.24, 2.45) is 0 Å². The SMILES string of the molecule is Fc1cc(N2CCC(N3CCCCC3)C2)ccn1. The molecule has 3 nitrogen and oxygen atoms in total. The first kappa shape index (κ1) is 11.9. The lowest BCUT2D eigenvalue weighted by atomic mass is 10.1. The van der Waals surface area contributed by atoms with Crippen LogP contribution in [0, 0.1) is 5.95 Å². The zero-order chi connectivity index (χ0) is 12.4. The second-order valence-electron chi connectivity index (χ2n) is 5.32. The average molecular weight is 249 g/mol. The third-order valence-electron chi connectivity index (χ3n) is 4.15. The molecule has 2 aliphatic rings. The number of rotatable bonds is 2. The molecule has 1 unspecified atom stereocenters. The highest BCUT2D eigenvalue weighted by Gasteiger charge is 2.28. The highest BCUT2D eigenvalue weighted by Crippen LogP contribution is 2.24. The highest BCUT2D eigenvalue weighted by atomic mass is 19.1. The van der Waals surface area contributed by atoms with Crippen LogP contribution >= 0.6 is 0 Å². The Bertz CT molecular complexity index is 404. The van der Waals surface area contributed by atoms with Crippen LogP contribution in [0.25, 0.3) is 0 Å². The molecule has 2 saturated heterocycles. The van der Waals surface area contributed by atoms with Crippen molar-refractivity contribution in [3.8, 4) is 0 Å². The van der Waals surface area contributed by atoms with Crippen molar-refractivity contribution in [2.75, 3.05) is 31.1 Å². The number of likely N-dealkylation sites (tertiary alicyclic amines) is 1. The Labute approximate surface area is 108 Å². The van der Waals surface area contributed by atoms with Crippen LogP contribution in [0.2, 0.25) is 0 Å². The molecule has 0 radical (unpaired) electrons. The zero-order valence-corrected chi connectivity index (χ0v) is 10.7. The molecule has 0 bridgehead atoms. The van der Waals surface area contributed by atoms with Gasteiger partial charge in [0, 0.05) is 37.1 Å². The van der Waals surface area contributed by atoms with Crippen molar-refractivity contribution in [3.63, 3.8) is 0 Å². The standard InChI is InChI=1S/C14H20FN3/c15-14-10-12(4-6-16-14)18-9-5-13(11-18)17-7-2-1-3-8-17/h4,6,10,13H,1-3,5,7-9,11H2. The summed E-state index contributed by atoms with van der Waals surface area (Å²) in [5.74, 6) is -0.381. The molecule has 3 rings (SSSR count). The van der Waals surface area contributed by atoms with Gasteiger partial charge in [0.25, 0.3) is 0 Å². The number of hydrogen-bond donors (Lipinski definition) is 0. The summed E-state index contributed by atoms with van der Waals surface area (Å²) in [4.78, 5) is 8.51. The summed E-state index contributed by atoms with van der Waals surface area (Å²) in [6.07, 6.45) is 6.80. The summed E-state index contributed by atoms with van der Waals surface area (Å²) in [7, 11) is 0. The van der Waals surface area contributed by atoms with Crippen LogP contribution in [0.4, 0.5) is 10.1 Å². The fourth-order valence-electron chi connectivity index (χ4n) is 3.15. The molecule has 1 atom stereocenters. The Hall–Kier alpha value is -1.16. The van der Waals surface area contributed by atoms with Gasteiger partial charge in [-0.3, -0.25) is 4.90 Å². The largest absolute Gasteiger partial charge is 0.370 e. The van der Waals surface area contributed by atoms with E-state index in [1.165, 1.54) is 38.8 Å². The van der Waals surface area contributed by atoms with Crippen molar-refractivity contribution in [1.29, 1.82) is 0 Å². The fourth-order valence-corrected chi connectivity index (χ4v) is 3.15. The van der Waals surface area contributed by atoms with Crippen LogP contribution in [0.1, 0.15) is 25.7 Å². The molecule has 0 spiro atoms. The minimum absolute atomic E-state index is 0.381. The third-order valence-corrected chi connectivity index (χ3v) is 4.15. The van der Waals surface area contributed by atoms with E-state index < -0.39 is 0 Å². The second kappa shape index (κ2) is 5.22. The van der Waals surface area contributed by atoms with E-state index >= 15 is 0 Å². The van der Waals surface area contributed by atoms with Gasteiger partial charge < -0.3 is 4.90 Å².